The van der Waals surface area contributed by atoms with E-state index < -0.39 is 0 Å². The van der Waals surface area contributed by atoms with Crippen molar-refractivity contribution < 1.29 is 9.47 Å². The van der Waals surface area contributed by atoms with Crippen molar-refractivity contribution in [1.82, 2.24) is 9.55 Å². The largest absolute Gasteiger partial charge is 0.497 e. The molecule has 0 spiro atoms. The lowest BCUT2D eigenvalue weighted by atomic mass is 10.1. The van der Waals surface area contributed by atoms with Crippen LogP contribution in [0, 0.1) is 3.57 Å². The lowest BCUT2D eigenvalue weighted by Crippen LogP contribution is -2.24. The number of nitrogens with zero attached hydrogens (tertiary/aromatic N) is 2. The van der Waals surface area contributed by atoms with Crippen LogP contribution in [0.1, 0.15) is 6.42 Å². The normalized spacial score (nSPS) is 10.9. The summed E-state index contributed by atoms with van der Waals surface area (Å²) in [5.74, 6) is 2.27. The Morgan fingerprint density at radius 3 is 2.47 bits per heavy atom. The molecule has 30 heavy (non-hydrogen) atoms. The lowest BCUT2D eigenvalue weighted by molar-refractivity contribution is 0.299. The van der Waals surface area contributed by atoms with Gasteiger partial charge in [0.25, 0.3) is 5.56 Å². The van der Waals surface area contributed by atoms with Crippen molar-refractivity contribution in [3.8, 4) is 22.9 Å². The van der Waals surface area contributed by atoms with Gasteiger partial charge in [-0.1, -0.05) is 24.3 Å². The molecule has 1 aromatic heterocycles. The molecule has 3 aromatic carbocycles. The summed E-state index contributed by atoms with van der Waals surface area (Å²) in [6.07, 6.45) is 0.689. The maximum atomic E-state index is 13.2. The summed E-state index contributed by atoms with van der Waals surface area (Å²) in [4.78, 5) is 18.0. The Balaban J connectivity index is 1.63. The van der Waals surface area contributed by atoms with Gasteiger partial charge in [-0.15, -0.1) is 0 Å². The zero-order valence-electron chi connectivity index (χ0n) is 16.5. The molecular weight excluding hydrogens is 491 g/mol. The van der Waals surface area contributed by atoms with Crippen LogP contribution >= 0.6 is 22.6 Å². The molecular formula is C24H21IN2O3. The molecule has 5 nitrogen and oxygen atoms in total. The molecule has 0 saturated carbocycles. The van der Waals surface area contributed by atoms with Crippen molar-refractivity contribution in [2.24, 2.45) is 0 Å². The Hall–Kier alpha value is -2.87. The highest BCUT2D eigenvalue weighted by molar-refractivity contribution is 14.1. The molecule has 0 N–H and O–H groups in total. The Morgan fingerprint density at radius 2 is 1.70 bits per heavy atom. The number of aromatic nitrogens is 2. The Labute approximate surface area is 188 Å². The molecule has 0 unspecified atom stereocenters. The number of methoxy groups -OCH3 is 1. The van der Waals surface area contributed by atoms with Gasteiger partial charge in [0.15, 0.2) is 0 Å². The van der Waals surface area contributed by atoms with E-state index in [2.05, 4.69) is 22.6 Å². The first kappa shape index (κ1) is 20.4. The van der Waals surface area contributed by atoms with Gasteiger partial charge in [-0.2, -0.15) is 0 Å². The Morgan fingerprint density at radius 1 is 0.967 bits per heavy atom. The van der Waals surface area contributed by atoms with Crippen molar-refractivity contribution in [2.75, 3.05) is 13.7 Å². The van der Waals surface area contributed by atoms with E-state index in [4.69, 9.17) is 14.5 Å². The number of para-hydroxylation sites is 2. The fourth-order valence-corrected chi connectivity index (χ4v) is 3.85. The second kappa shape index (κ2) is 9.30. The molecule has 0 amide bonds. The van der Waals surface area contributed by atoms with Crippen LogP contribution in [0.15, 0.2) is 77.6 Å². The fourth-order valence-electron chi connectivity index (χ4n) is 3.30. The first-order valence-electron chi connectivity index (χ1n) is 9.69. The Bertz CT molecular complexity index is 1220. The van der Waals surface area contributed by atoms with Crippen LogP contribution in [0.3, 0.4) is 0 Å². The second-order valence-corrected chi connectivity index (χ2v) is 7.93. The molecule has 0 aliphatic heterocycles. The van der Waals surface area contributed by atoms with Gasteiger partial charge in [-0.3, -0.25) is 9.36 Å². The highest BCUT2D eigenvalue weighted by atomic mass is 127. The number of fused-ring (bicyclic) bond motifs is 1. The summed E-state index contributed by atoms with van der Waals surface area (Å²) >= 11 is 2.26. The Kier molecular flexibility index (Phi) is 6.32. The summed E-state index contributed by atoms with van der Waals surface area (Å²) in [5.41, 5.74) is 1.53. The summed E-state index contributed by atoms with van der Waals surface area (Å²) in [6.45, 7) is 1.03. The standard InChI is InChI=1S/C24H21IN2O3/c1-29-18-13-11-17(12-14-18)23-26-21-9-4-2-7-19(21)24(28)27(23)15-6-16-30-22-10-5-3-8-20(22)25/h2-5,7-14H,6,15-16H2,1H3. The predicted octanol–water partition coefficient (Wildman–Crippen LogP) is 5.15. The van der Waals surface area contributed by atoms with Crippen molar-refractivity contribution in [3.63, 3.8) is 0 Å². The molecule has 0 atom stereocenters. The van der Waals surface area contributed by atoms with Crippen molar-refractivity contribution >= 4 is 33.5 Å². The van der Waals surface area contributed by atoms with Gasteiger partial charge in [-0.05, 0) is 77.5 Å². The highest BCUT2D eigenvalue weighted by Gasteiger charge is 2.13. The van der Waals surface area contributed by atoms with E-state index in [9.17, 15) is 4.79 Å². The van der Waals surface area contributed by atoms with E-state index in [1.165, 1.54) is 0 Å². The molecule has 0 aliphatic rings. The zero-order chi connectivity index (χ0) is 20.9. The minimum absolute atomic E-state index is 0.0410. The average Bonchev–Trinajstić information content (AvgIpc) is 2.79. The molecule has 4 aromatic rings. The molecule has 6 heteroatoms. The van der Waals surface area contributed by atoms with Gasteiger partial charge in [0.2, 0.25) is 0 Å². The highest BCUT2D eigenvalue weighted by Crippen LogP contribution is 2.23. The minimum atomic E-state index is -0.0410. The first-order valence-corrected chi connectivity index (χ1v) is 10.8. The van der Waals surface area contributed by atoms with E-state index in [1.54, 1.807) is 11.7 Å². The van der Waals surface area contributed by atoms with Gasteiger partial charge in [0.1, 0.15) is 17.3 Å². The fraction of sp³-hybridized carbons (Fsp3) is 0.167. The van der Waals surface area contributed by atoms with Crippen LogP contribution in [-0.4, -0.2) is 23.3 Å². The van der Waals surface area contributed by atoms with Gasteiger partial charge in [-0.25, -0.2) is 4.98 Å². The molecule has 1 heterocycles. The van der Waals surface area contributed by atoms with E-state index >= 15 is 0 Å². The third-order valence-electron chi connectivity index (χ3n) is 4.83. The van der Waals surface area contributed by atoms with E-state index in [0.717, 1.165) is 20.6 Å². The molecule has 0 bridgehead atoms. The molecule has 152 valence electrons. The number of rotatable bonds is 7. The predicted molar refractivity (Wildman–Crippen MR) is 127 cm³/mol. The smallest absolute Gasteiger partial charge is 0.261 e. The van der Waals surface area contributed by atoms with Crippen LogP contribution in [0.5, 0.6) is 11.5 Å². The minimum Gasteiger partial charge on any atom is -0.497 e. The van der Waals surface area contributed by atoms with Crippen molar-refractivity contribution in [3.05, 3.63) is 86.7 Å². The van der Waals surface area contributed by atoms with Crippen molar-refractivity contribution in [1.29, 1.82) is 0 Å². The molecule has 0 radical (unpaired) electrons. The third-order valence-corrected chi connectivity index (χ3v) is 5.72. The van der Waals surface area contributed by atoms with Gasteiger partial charge in [0, 0.05) is 12.1 Å². The quantitative estimate of drug-likeness (QED) is 0.254. The number of hydrogen-bond donors (Lipinski definition) is 0. The number of benzene rings is 3. The molecule has 0 fully saturated rings. The SMILES string of the molecule is COc1ccc(-c2nc3ccccc3c(=O)n2CCCOc2ccccc2I)cc1. The summed E-state index contributed by atoms with van der Waals surface area (Å²) < 4.78 is 14.0. The zero-order valence-corrected chi connectivity index (χ0v) is 18.7. The van der Waals surface area contributed by atoms with Crippen LogP contribution in [0.4, 0.5) is 0 Å². The maximum Gasteiger partial charge on any atom is 0.261 e. The van der Waals surface area contributed by atoms with E-state index in [1.807, 2.05) is 72.8 Å². The summed E-state index contributed by atoms with van der Waals surface area (Å²) in [6, 6.07) is 23.0. The van der Waals surface area contributed by atoms with Crippen LogP contribution in [0.2, 0.25) is 0 Å². The second-order valence-electron chi connectivity index (χ2n) is 6.77. The molecule has 0 aliphatic carbocycles. The van der Waals surface area contributed by atoms with Gasteiger partial charge in [0.05, 0.1) is 28.2 Å². The monoisotopic (exact) mass is 512 g/mol. The van der Waals surface area contributed by atoms with E-state index in [0.29, 0.717) is 36.3 Å². The van der Waals surface area contributed by atoms with Crippen LogP contribution in [-0.2, 0) is 6.54 Å². The van der Waals surface area contributed by atoms with Gasteiger partial charge < -0.3 is 9.47 Å². The lowest BCUT2D eigenvalue weighted by Gasteiger charge is -2.15. The number of ether oxygens (including phenoxy) is 2. The third kappa shape index (κ3) is 4.33. The van der Waals surface area contributed by atoms with Crippen molar-refractivity contribution in [2.45, 2.75) is 13.0 Å². The number of halogens is 1. The van der Waals surface area contributed by atoms with Gasteiger partial charge >= 0.3 is 0 Å². The van der Waals surface area contributed by atoms with Crippen LogP contribution < -0.4 is 15.0 Å². The molecule has 0 saturated heterocycles. The first-order chi connectivity index (χ1) is 14.7. The summed E-state index contributed by atoms with van der Waals surface area (Å²) in [7, 11) is 1.63. The summed E-state index contributed by atoms with van der Waals surface area (Å²) in [5, 5.41) is 0.619. The molecule has 4 rings (SSSR count). The average molecular weight is 512 g/mol. The topological polar surface area (TPSA) is 53.3 Å². The number of hydrogen-bond acceptors (Lipinski definition) is 4. The maximum absolute atomic E-state index is 13.2. The van der Waals surface area contributed by atoms with E-state index in [-0.39, 0.29) is 5.56 Å². The van der Waals surface area contributed by atoms with Crippen LogP contribution in [0.25, 0.3) is 22.3 Å².